The van der Waals surface area contributed by atoms with Gasteiger partial charge in [-0.05, 0) is 113 Å². The van der Waals surface area contributed by atoms with Crippen LogP contribution in [0.15, 0.2) is 200 Å². The molecule has 59 heavy (non-hydrogen) atoms. The Labute approximate surface area is 347 Å². The second kappa shape index (κ2) is 13.3. The highest BCUT2D eigenvalue weighted by molar-refractivity contribution is 6.09. The molecule has 9 aromatic carbocycles. The summed E-state index contributed by atoms with van der Waals surface area (Å²) in [6, 6.07) is 74.3. The van der Waals surface area contributed by atoms with E-state index in [0.717, 1.165) is 17.1 Å². The number of nitrogens with zero attached hydrogens (tertiary/aromatic N) is 1. The van der Waals surface area contributed by atoms with Gasteiger partial charge in [-0.25, -0.2) is 0 Å². The van der Waals surface area contributed by atoms with Crippen LogP contribution in [0.1, 0.15) is 49.9 Å². The Balaban J connectivity index is 1.10. The minimum absolute atomic E-state index is 0.0800. The third kappa shape index (κ3) is 5.38. The lowest BCUT2D eigenvalue weighted by molar-refractivity contribution is 0.660. The number of rotatable bonds is 6. The Morgan fingerprint density at radius 2 is 0.864 bits per heavy atom. The first-order valence-corrected chi connectivity index (χ1v) is 20.9. The van der Waals surface area contributed by atoms with Gasteiger partial charge in [-0.2, -0.15) is 0 Å². The molecule has 0 unspecified atom stereocenters. The van der Waals surface area contributed by atoms with Crippen molar-refractivity contribution in [3.8, 4) is 55.6 Å². The van der Waals surface area contributed by atoms with Crippen molar-refractivity contribution in [3.05, 3.63) is 222 Å². The molecule has 0 aromatic heterocycles. The molecule has 2 aliphatic carbocycles. The summed E-state index contributed by atoms with van der Waals surface area (Å²) in [4.78, 5) is 2.45. The van der Waals surface area contributed by atoms with Crippen LogP contribution >= 0.6 is 0 Å². The molecule has 0 aliphatic heterocycles. The average molecular weight is 756 g/mol. The second-order valence-corrected chi connectivity index (χ2v) is 17.3. The van der Waals surface area contributed by atoms with Crippen molar-refractivity contribution in [1.29, 1.82) is 0 Å². The predicted octanol–water partition coefficient (Wildman–Crippen LogP) is 15.9. The molecule has 0 heterocycles. The molecule has 0 fully saturated rings. The van der Waals surface area contributed by atoms with Crippen LogP contribution in [-0.2, 0) is 10.8 Å². The van der Waals surface area contributed by atoms with Gasteiger partial charge in [0.15, 0.2) is 0 Å². The van der Waals surface area contributed by atoms with Gasteiger partial charge in [-0.1, -0.05) is 198 Å². The van der Waals surface area contributed by atoms with Gasteiger partial charge in [0.1, 0.15) is 0 Å². The van der Waals surface area contributed by atoms with E-state index in [4.69, 9.17) is 0 Å². The van der Waals surface area contributed by atoms with Crippen LogP contribution < -0.4 is 4.90 Å². The van der Waals surface area contributed by atoms with E-state index >= 15 is 0 Å². The molecule has 9 aromatic rings. The van der Waals surface area contributed by atoms with Crippen LogP contribution in [0.5, 0.6) is 0 Å². The normalized spacial score (nSPS) is 14.0. The summed E-state index contributed by atoms with van der Waals surface area (Å²) in [5.41, 5.74) is 21.5. The average Bonchev–Trinajstić information content (AvgIpc) is 3.66. The molecule has 0 atom stereocenters. The maximum Gasteiger partial charge on any atom is 0.0540 e. The molecule has 11 rings (SSSR count). The van der Waals surface area contributed by atoms with Crippen LogP contribution in [0.4, 0.5) is 17.1 Å². The highest BCUT2D eigenvalue weighted by atomic mass is 15.1. The van der Waals surface area contributed by atoms with Gasteiger partial charge in [0.25, 0.3) is 0 Å². The van der Waals surface area contributed by atoms with E-state index in [0.29, 0.717) is 0 Å². The number of benzene rings is 9. The first-order chi connectivity index (χ1) is 28.8. The zero-order valence-corrected chi connectivity index (χ0v) is 34.0. The molecule has 1 nitrogen and oxygen atoms in total. The smallest absolute Gasteiger partial charge is 0.0540 e. The van der Waals surface area contributed by atoms with Crippen molar-refractivity contribution in [2.45, 2.75) is 38.5 Å². The van der Waals surface area contributed by atoms with Crippen LogP contribution in [-0.4, -0.2) is 0 Å². The summed E-state index contributed by atoms with van der Waals surface area (Å²) in [6.45, 7) is 9.46. The molecular weight excluding hydrogens is 711 g/mol. The zero-order valence-electron chi connectivity index (χ0n) is 34.0. The molecule has 0 N–H and O–H groups in total. The number of anilines is 3. The predicted molar refractivity (Wildman–Crippen MR) is 250 cm³/mol. The van der Waals surface area contributed by atoms with Gasteiger partial charge in [0.2, 0.25) is 0 Å². The van der Waals surface area contributed by atoms with Gasteiger partial charge in [0.05, 0.1) is 5.69 Å². The summed E-state index contributed by atoms with van der Waals surface area (Å²) in [7, 11) is 0. The minimum atomic E-state index is -0.115. The van der Waals surface area contributed by atoms with Crippen molar-refractivity contribution in [2.75, 3.05) is 4.90 Å². The molecule has 0 saturated heterocycles. The number of hydrogen-bond acceptors (Lipinski definition) is 1. The molecule has 0 radical (unpaired) electrons. The molecule has 0 amide bonds. The Hall–Kier alpha value is -6.96. The Bertz CT molecular complexity index is 3090. The van der Waals surface area contributed by atoms with Gasteiger partial charge >= 0.3 is 0 Å². The van der Waals surface area contributed by atoms with Crippen LogP contribution in [0.3, 0.4) is 0 Å². The van der Waals surface area contributed by atoms with Crippen molar-refractivity contribution >= 4 is 27.8 Å². The van der Waals surface area contributed by atoms with Crippen molar-refractivity contribution in [2.24, 2.45) is 0 Å². The van der Waals surface area contributed by atoms with Crippen LogP contribution in [0.2, 0.25) is 0 Å². The highest BCUT2D eigenvalue weighted by Gasteiger charge is 2.38. The Morgan fingerprint density at radius 3 is 1.66 bits per heavy atom. The lowest BCUT2D eigenvalue weighted by atomic mass is 9.81. The summed E-state index contributed by atoms with van der Waals surface area (Å²) in [5, 5.41) is 2.52. The van der Waals surface area contributed by atoms with Crippen LogP contribution in [0, 0.1) is 0 Å². The molecule has 0 spiro atoms. The molecule has 0 bridgehead atoms. The van der Waals surface area contributed by atoms with Crippen molar-refractivity contribution in [1.82, 2.24) is 0 Å². The fraction of sp³-hybridized carbons (Fsp3) is 0.103. The first-order valence-electron chi connectivity index (χ1n) is 20.9. The van der Waals surface area contributed by atoms with E-state index in [9.17, 15) is 0 Å². The van der Waals surface area contributed by atoms with Crippen LogP contribution in [0.25, 0.3) is 66.4 Å². The van der Waals surface area contributed by atoms with Gasteiger partial charge in [-0.3, -0.25) is 0 Å². The number of para-hydroxylation sites is 1. The van der Waals surface area contributed by atoms with Crippen molar-refractivity contribution in [3.63, 3.8) is 0 Å². The molecule has 2 aliphatic rings. The largest absolute Gasteiger partial charge is 0.310 e. The number of fused-ring (bicyclic) bond motifs is 7. The third-order valence-corrected chi connectivity index (χ3v) is 13.3. The summed E-state index contributed by atoms with van der Waals surface area (Å²) in [6.07, 6.45) is 0. The van der Waals surface area contributed by atoms with E-state index < -0.39 is 0 Å². The maximum absolute atomic E-state index is 2.45. The SMILES string of the molecule is CC1(C)c2ccccc2-c2ccc(N(c3ccc(-c4ccc5ccccc5c4-c4cccc5c4-c4ccccc4C5(C)C)cc3)c3ccccc3-c3ccccc3)cc21. The van der Waals surface area contributed by atoms with Gasteiger partial charge in [-0.15, -0.1) is 0 Å². The molecule has 282 valence electrons. The molecular formula is C58H45N. The first kappa shape index (κ1) is 35.2. The highest BCUT2D eigenvalue weighted by Crippen LogP contribution is 2.55. The van der Waals surface area contributed by atoms with Gasteiger partial charge in [0, 0.05) is 27.8 Å². The van der Waals surface area contributed by atoms with E-state index in [1.165, 1.54) is 88.7 Å². The standard InChI is InChI=1S/C58H45N/c1-57(2)51-26-14-11-23-48(51)56-49(24-16-27-52(56)57)55-44-21-9-8-19-39(44)31-35-45(55)40-29-32-41(33-30-40)59(54-28-15-12-20-43(54)38-17-6-5-7-18-38)42-34-36-47-46-22-10-13-25-50(46)58(3,4)53(47)37-42/h5-37H,1-4H3. The maximum atomic E-state index is 2.45. The van der Waals surface area contributed by atoms with Gasteiger partial charge < -0.3 is 4.90 Å². The lowest BCUT2D eigenvalue weighted by Gasteiger charge is -2.30. The van der Waals surface area contributed by atoms with Crippen molar-refractivity contribution < 1.29 is 0 Å². The Morgan fingerprint density at radius 1 is 0.322 bits per heavy atom. The topological polar surface area (TPSA) is 3.24 Å². The van der Waals surface area contributed by atoms with E-state index in [1.54, 1.807) is 0 Å². The second-order valence-electron chi connectivity index (χ2n) is 17.3. The summed E-state index contributed by atoms with van der Waals surface area (Å²) in [5.74, 6) is 0. The fourth-order valence-electron chi connectivity index (χ4n) is 10.3. The quantitative estimate of drug-likeness (QED) is 0.163. The Kier molecular flexibility index (Phi) is 7.94. The molecule has 1 heteroatoms. The lowest BCUT2D eigenvalue weighted by Crippen LogP contribution is -2.16. The third-order valence-electron chi connectivity index (χ3n) is 13.3. The number of hydrogen-bond donors (Lipinski definition) is 0. The summed E-state index contributed by atoms with van der Waals surface area (Å²) >= 11 is 0. The molecule has 0 saturated carbocycles. The minimum Gasteiger partial charge on any atom is -0.310 e. The fourth-order valence-corrected chi connectivity index (χ4v) is 10.3. The van der Waals surface area contributed by atoms with E-state index in [1.807, 2.05) is 0 Å². The monoisotopic (exact) mass is 755 g/mol. The summed E-state index contributed by atoms with van der Waals surface area (Å²) < 4.78 is 0. The zero-order chi connectivity index (χ0) is 39.9. The van der Waals surface area contributed by atoms with E-state index in [-0.39, 0.29) is 10.8 Å². The van der Waals surface area contributed by atoms with E-state index in [2.05, 4.69) is 233 Å².